The second-order valence-corrected chi connectivity index (χ2v) is 8.36. The largest absolute Gasteiger partial charge is 0.493 e. The van der Waals surface area contributed by atoms with Crippen molar-refractivity contribution in [2.45, 2.75) is 19.9 Å². The molecule has 0 radical (unpaired) electrons. The van der Waals surface area contributed by atoms with Crippen LogP contribution in [0.1, 0.15) is 17.7 Å². The molecule has 2 heterocycles. The lowest BCUT2D eigenvalue weighted by Crippen LogP contribution is -2.47. The quantitative estimate of drug-likeness (QED) is 0.645. The number of rotatable bonds is 8. The van der Waals surface area contributed by atoms with E-state index in [0.29, 0.717) is 18.1 Å². The highest BCUT2D eigenvalue weighted by Crippen LogP contribution is 2.30. The van der Waals surface area contributed by atoms with E-state index in [4.69, 9.17) is 14.2 Å². The molecule has 31 heavy (non-hydrogen) atoms. The van der Waals surface area contributed by atoms with E-state index >= 15 is 0 Å². The Morgan fingerprint density at radius 2 is 1.90 bits per heavy atom. The number of hydrogen-bond donors (Lipinski definition) is 0. The smallest absolute Gasteiger partial charge is 0.226 e. The fourth-order valence-electron chi connectivity index (χ4n) is 4.09. The fourth-order valence-corrected chi connectivity index (χ4v) is 4.09. The molecular formula is C24H33N3O4. The van der Waals surface area contributed by atoms with Crippen LogP contribution in [0.2, 0.25) is 0 Å². The second-order valence-electron chi connectivity index (χ2n) is 8.36. The lowest BCUT2D eigenvalue weighted by molar-refractivity contribution is -0.135. The summed E-state index contributed by atoms with van der Waals surface area (Å²) in [4.78, 5) is 21.1. The number of nitrogens with zero attached hydrogens (tertiary/aromatic N) is 3. The van der Waals surface area contributed by atoms with Crippen molar-refractivity contribution in [1.29, 1.82) is 0 Å². The van der Waals surface area contributed by atoms with Crippen molar-refractivity contribution in [3.05, 3.63) is 47.8 Å². The predicted octanol–water partition coefficient (Wildman–Crippen LogP) is 3.01. The van der Waals surface area contributed by atoms with Gasteiger partial charge < -0.3 is 19.1 Å². The van der Waals surface area contributed by atoms with E-state index in [9.17, 15) is 4.79 Å². The van der Waals surface area contributed by atoms with Gasteiger partial charge in [-0.2, -0.15) is 0 Å². The lowest BCUT2D eigenvalue weighted by Gasteiger charge is -2.38. The summed E-state index contributed by atoms with van der Waals surface area (Å²) < 4.78 is 16.8. The first-order chi connectivity index (χ1) is 14.9. The van der Waals surface area contributed by atoms with Gasteiger partial charge in [0.25, 0.3) is 0 Å². The van der Waals surface area contributed by atoms with Crippen molar-refractivity contribution in [1.82, 2.24) is 14.8 Å². The molecule has 2 aromatic rings. The number of pyridine rings is 1. The fraction of sp³-hybridized carbons (Fsp3) is 0.500. The summed E-state index contributed by atoms with van der Waals surface area (Å²) in [6.45, 7) is 4.84. The van der Waals surface area contributed by atoms with Crippen LogP contribution in [0.15, 0.2) is 36.5 Å². The Morgan fingerprint density at radius 1 is 1.13 bits per heavy atom. The van der Waals surface area contributed by atoms with Gasteiger partial charge in [-0.3, -0.25) is 14.7 Å². The summed E-state index contributed by atoms with van der Waals surface area (Å²) in [6.07, 6.45) is 2.57. The SMILES string of the molecule is COc1ccc(CN2C[C@@H](COc3ccc(C)nc3)C[C@@H](C(=O)N(C)C)C2)cc1OC. The monoisotopic (exact) mass is 427 g/mol. The van der Waals surface area contributed by atoms with E-state index in [0.717, 1.165) is 43.1 Å². The van der Waals surface area contributed by atoms with Gasteiger partial charge in [-0.15, -0.1) is 0 Å². The average Bonchev–Trinajstić information content (AvgIpc) is 2.77. The molecule has 168 valence electrons. The first-order valence-electron chi connectivity index (χ1n) is 10.6. The number of carbonyl (C=O) groups excluding carboxylic acids is 1. The highest BCUT2D eigenvalue weighted by Gasteiger charge is 2.33. The maximum atomic E-state index is 12.7. The summed E-state index contributed by atoms with van der Waals surface area (Å²) >= 11 is 0. The van der Waals surface area contributed by atoms with E-state index in [1.54, 1.807) is 25.3 Å². The molecule has 1 aliphatic heterocycles. The number of hydrogen-bond acceptors (Lipinski definition) is 6. The van der Waals surface area contributed by atoms with E-state index in [-0.39, 0.29) is 17.7 Å². The molecule has 2 atom stereocenters. The summed E-state index contributed by atoms with van der Waals surface area (Å²) in [6, 6.07) is 9.85. The molecule has 1 amide bonds. The number of methoxy groups -OCH3 is 2. The van der Waals surface area contributed by atoms with Crippen LogP contribution in [0.3, 0.4) is 0 Å². The Kier molecular flexibility index (Phi) is 7.74. The number of aryl methyl sites for hydroxylation is 1. The molecule has 3 rings (SSSR count). The first-order valence-corrected chi connectivity index (χ1v) is 10.6. The summed E-state index contributed by atoms with van der Waals surface area (Å²) in [5, 5.41) is 0. The molecular weight excluding hydrogens is 394 g/mol. The van der Waals surface area contributed by atoms with Gasteiger partial charge in [0.2, 0.25) is 5.91 Å². The highest BCUT2D eigenvalue weighted by atomic mass is 16.5. The standard InChI is InChI=1S/C24H33N3O4/c1-17-6-8-21(12-25-17)31-16-19-10-20(24(28)26(2)3)15-27(14-19)13-18-7-9-22(29-4)23(11-18)30-5/h6-9,11-12,19-20H,10,13-16H2,1-5H3/t19-,20+/m0/s1. The average molecular weight is 428 g/mol. The lowest BCUT2D eigenvalue weighted by atomic mass is 9.88. The van der Waals surface area contributed by atoms with Gasteiger partial charge in [-0.1, -0.05) is 6.07 Å². The number of ether oxygens (including phenoxy) is 3. The molecule has 7 nitrogen and oxygen atoms in total. The predicted molar refractivity (Wildman–Crippen MR) is 120 cm³/mol. The Balaban J connectivity index is 1.70. The third-order valence-corrected chi connectivity index (χ3v) is 5.63. The summed E-state index contributed by atoms with van der Waals surface area (Å²) in [5.74, 6) is 2.56. The highest BCUT2D eigenvalue weighted by molar-refractivity contribution is 5.78. The molecule has 1 aromatic carbocycles. The summed E-state index contributed by atoms with van der Waals surface area (Å²) in [7, 11) is 6.91. The second kappa shape index (κ2) is 10.5. The number of carbonyl (C=O) groups is 1. The number of amides is 1. The number of piperidine rings is 1. The van der Waals surface area contributed by atoms with Crippen molar-refractivity contribution in [2.75, 3.05) is 48.0 Å². The van der Waals surface area contributed by atoms with Gasteiger partial charge >= 0.3 is 0 Å². The molecule has 0 spiro atoms. The zero-order chi connectivity index (χ0) is 22.4. The Hall–Kier alpha value is -2.80. The Bertz CT molecular complexity index is 870. The van der Waals surface area contributed by atoms with Crippen molar-refractivity contribution in [3.8, 4) is 17.2 Å². The molecule has 0 unspecified atom stereocenters. The first kappa shape index (κ1) is 22.9. The molecule has 0 bridgehead atoms. The van der Waals surface area contributed by atoms with E-state index in [1.165, 1.54) is 0 Å². The normalized spacial score (nSPS) is 19.0. The van der Waals surface area contributed by atoms with Crippen LogP contribution in [-0.4, -0.2) is 68.7 Å². The van der Waals surface area contributed by atoms with Crippen molar-refractivity contribution < 1.29 is 19.0 Å². The summed E-state index contributed by atoms with van der Waals surface area (Å²) in [5.41, 5.74) is 2.08. The van der Waals surface area contributed by atoms with Crippen LogP contribution in [0.5, 0.6) is 17.2 Å². The van der Waals surface area contributed by atoms with Crippen LogP contribution in [0.4, 0.5) is 0 Å². The Labute approximate surface area is 184 Å². The van der Waals surface area contributed by atoms with Crippen LogP contribution >= 0.6 is 0 Å². The van der Waals surface area contributed by atoms with Crippen molar-refractivity contribution >= 4 is 5.91 Å². The molecule has 1 aromatic heterocycles. The minimum atomic E-state index is -0.0476. The molecule has 0 aliphatic carbocycles. The molecule has 1 saturated heterocycles. The number of likely N-dealkylation sites (tertiary alicyclic amines) is 1. The maximum Gasteiger partial charge on any atom is 0.226 e. The zero-order valence-electron chi connectivity index (χ0n) is 19.1. The zero-order valence-corrected chi connectivity index (χ0v) is 19.1. The minimum absolute atomic E-state index is 0.0476. The third-order valence-electron chi connectivity index (χ3n) is 5.63. The molecule has 1 aliphatic rings. The number of benzene rings is 1. The Morgan fingerprint density at radius 3 is 2.55 bits per heavy atom. The van der Waals surface area contributed by atoms with Crippen LogP contribution in [0.25, 0.3) is 0 Å². The third kappa shape index (κ3) is 6.10. The topological polar surface area (TPSA) is 64.1 Å². The molecule has 1 fully saturated rings. The van der Waals surface area contributed by atoms with Crippen molar-refractivity contribution in [3.63, 3.8) is 0 Å². The minimum Gasteiger partial charge on any atom is -0.493 e. The van der Waals surface area contributed by atoms with E-state index < -0.39 is 0 Å². The van der Waals surface area contributed by atoms with E-state index in [1.807, 2.05) is 51.4 Å². The van der Waals surface area contributed by atoms with Crippen LogP contribution in [0, 0.1) is 18.8 Å². The molecule has 0 N–H and O–H groups in total. The van der Waals surface area contributed by atoms with Gasteiger partial charge in [-0.25, -0.2) is 0 Å². The molecule has 0 saturated carbocycles. The van der Waals surface area contributed by atoms with E-state index in [2.05, 4.69) is 9.88 Å². The van der Waals surface area contributed by atoms with Gasteiger partial charge in [-0.05, 0) is 43.2 Å². The van der Waals surface area contributed by atoms with Gasteiger partial charge in [0.15, 0.2) is 11.5 Å². The van der Waals surface area contributed by atoms with Crippen LogP contribution < -0.4 is 14.2 Å². The molecule has 7 heteroatoms. The van der Waals surface area contributed by atoms with Crippen LogP contribution in [-0.2, 0) is 11.3 Å². The number of aromatic nitrogens is 1. The van der Waals surface area contributed by atoms with Gasteiger partial charge in [0.1, 0.15) is 5.75 Å². The van der Waals surface area contributed by atoms with Gasteiger partial charge in [0.05, 0.1) is 32.9 Å². The van der Waals surface area contributed by atoms with Gasteiger partial charge in [0, 0.05) is 45.3 Å². The maximum absolute atomic E-state index is 12.7. The van der Waals surface area contributed by atoms with Crippen molar-refractivity contribution in [2.24, 2.45) is 11.8 Å².